The van der Waals surface area contributed by atoms with E-state index in [2.05, 4.69) is 0 Å². The zero-order chi connectivity index (χ0) is 14.4. The van der Waals surface area contributed by atoms with Gasteiger partial charge in [0, 0.05) is 18.6 Å². The van der Waals surface area contributed by atoms with E-state index in [1.165, 1.54) is 12.1 Å². The van der Waals surface area contributed by atoms with Gasteiger partial charge >= 0.3 is 7.12 Å². The second-order valence-electron chi connectivity index (χ2n) is 4.89. The normalized spacial score (nSPS) is 11.4. The number of hydrogen-bond acceptors (Lipinski definition) is 4. The fraction of sp³-hybridized carbons (Fsp3) is 0.538. The minimum absolute atomic E-state index is 0.0932. The summed E-state index contributed by atoms with van der Waals surface area (Å²) >= 11 is 0. The smallest absolute Gasteiger partial charge is 0.423 e. The second kappa shape index (κ2) is 7.60. The summed E-state index contributed by atoms with van der Waals surface area (Å²) < 4.78 is 18.7. The largest absolute Gasteiger partial charge is 0.491 e. The molecular weight excluding hydrogens is 248 g/mol. The van der Waals surface area contributed by atoms with Crippen molar-refractivity contribution in [3.63, 3.8) is 0 Å². The summed E-state index contributed by atoms with van der Waals surface area (Å²) in [5.41, 5.74) is 0.737. The maximum atomic E-state index is 13.3. The highest BCUT2D eigenvalue weighted by atomic mass is 19.1. The average molecular weight is 269 g/mol. The third-order valence-electron chi connectivity index (χ3n) is 2.72. The lowest BCUT2D eigenvalue weighted by Gasteiger charge is -2.18. The molecule has 0 fully saturated rings. The maximum Gasteiger partial charge on any atom is 0.491 e. The predicted octanol–water partition coefficient (Wildman–Crippen LogP) is 0.362. The van der Waals surface area contributed by atoms with E-state index in [1.54, 1.807) is 6.07 Å². The summed E-state index contributed by atoms with van der Waals surface area (Å²) in [6, 6.07) is 4.36. The van der Waals surface area contributed by atoms with E-state index in [-0.39, 0.29) is 11.6 Å². The van der Waals surface area contributed by atoms with Crippen LogP contribution in [0.2, 0.25) is 0 Å². The van der Waals surface area contributed by atoms with E-state index >= 15 is 0 Å². The van der Waals surface area contributed by atoms with Gasteiger partial charge < -0.3 is 14.8 Å². The zero-order valence-corrected chi connectivity index (χ0v) is 11.6. The van der Waals surface area contributed by atoms with Crippen molar-refractivity contribution in [3.8, 4) is 0 Å². The van der Waals surface area contributed by atoms with E-state index < -0.39 is 12.9 Å². The molecule has 0 radical (unpaired) electrons. The summed E-state index contributed by atoms with van der Waals surface area (Å²) in [6.45, 7) is 5.95. The summed E-state index contributed by atoms with van der Waals surface area (Å²) in [4.78, 5) is 2.03. The van der Waals surface area contributed by atoms with Gasteiger partial charge in [-0.1, -0.05) is 12.1 Å². The number of benzene rings is 1. The molecule has 0 spiro atoms. The van der Waals surface area contributed by atoms with Gasteiger partial charge in [0.15, 0.2) is 0 Å². The molecule has 6 heteroatoms. The van der Waals surface area contributed by atoms with Crippen LogP contribution < -0.4 is 5.46 Å². The van der Waals surface area contributed by atoms with Crippen molar-refractivity contribution in [1.29, 1.82) is 0 Å². The van der Waals surface area contributed by atoms with Crippen LogP contribution in [0.3, 0.4) is 0 Å². The number of hydrogen-bond donors (Lipinski definition) is 2. The van der Waals surface area contributed by atoms with Crippen LogP contribution in [0.1, 0.15) is 19.4 Å². The molecule has 0 unspecified atom stereocenters. The first-order valence-corrected chi connectivity index (χ1v) is 6.34. The summed E-state index contributed by atoms with van der Waals surface area (Å²) in [5.74, 6) is -0.607. The summed E-state index contributed by atoms with van der Waals surface area (Å²) in [5, 5.41) is 18.1. The van der Waals surface area contributed by atoms with Crippen molar-refractivity contribution in [3.05, 3.63) is 29.6 Å². The van der Waals surface area contributed by atoms with Crippen LogP contribution in [-0.2, 0) is 11.3 Å². The summed E-state index contributed by atoms with van der Waals surface area (Å²) in [6.07, 6.45) is 0.204. The Morgan fingerprint density at radius 1 is 1.37 bits per heavy atom. The van der Waals surface area contributed by atoms with Crippen molar-refractivity contribution >= 4 is 12.6 Å². The maximum absolute atomic E-state index is 13.3. The van der Waals surface area contributed by atoms with Crippen LogP contribution in [0.4, 0.5) is 4.39 Å². The molecule has 2 N–H and O–H groups in total. The quantitative estimate of drug-likeness (QED) is 0.702. The lowest BCUT2D eigenvalue weighted by molar-refractivity contribution is 0.0627. The Morgan fingerprint density at radius 3 is 2.63 bits per heavy atom. The van der Waals surface area contributed by atoms with Crippen LogP contribution in [0.25, 0.3) is 0 Å². The van der Waals surface area contributed by atoms with Gasteiger partial charge in [-0.15, -0.1) is 0 Å². The third-order valence-corrected chi connectivity index (χ3v) is 2.72. The monoisotopic (exact) mass is 269 g/mol. The molecule has 4 nitrogen and oxygen atoms in total. The third kappa shape index (κ3) is 5.69. The molecule has 0 bridgehead atoms. The highest BCUT2D eigenvalue weighted by molar-refractivity contribution is 6.58. The Kier molecular flexibility index (Phi) is 6.44. The molecule has 0 atom stereocenters. The molecule has 0 aromatic heterocycles. The predicted molar refractivity (Wildman–Crippen MR) is 73.6 cm³/mol. The minimum Gasteiger partial charge on any atom is -0.423 e. The molecule has 0 aliphatic heterocycles. The molecule has 0 aliphatic carbocycles. The van der Waals surface area contributed by atoms with E-state index in [4.69, 9.17) is 14.8 Å². The van der Waals surface area contributed by atoms with Crippen LogP contribution in [-0.4, -0.2) is 48.4 Å². The van der Waals surface area contributed by atoms with Crippen LogP contribution >= 0.6 is 0 Å². The number of ether oxygens (including phenoxy) is 1. The van der Waals surface area contributed by atoms with Crippen molar-refractivity contribution in [2.75, 3.05) is 20.2 Å². The molecule has 19 heavy (non-hydrogen) atoms. The van der Waals surface area contributed by atoms with Gasteiger partial charge in [0.1, 0.15) is 5.82 Å². The standard InChI is InChI=1S/C13H21BFNO3/c1-10(2)19-7-6-16(3)9-11-4-5-13(15)12(8-11)14(17)18/h4-5,8,10,17-18H,6-7,9H2,1-3H3. The molecule has 0 amide bonds. The van der Waals surface area contributed by atoms with Gasteiger partial charge in [0.2, 0.25) is 0 Å². The van der Waals surface area contributed by atoms with E-state index in [0.717, 1.165) is 12.1 Å². The molecule has 1 aromatic carbocycles. The Balaban J connectivity index is 2.54. The molecular formula is C13H21BFNO3. The number of rotatable bonds is 7. The Morgan fingerprint density at radius 2 is 2.05 bits per heavy atom. The van der Waals surface area contributed by atoms with Gasteiger partial charge in [-0.3, -0.25) is 4.90 Å². The van der Waals surface area contributed by atoms with Crippen molar-refractivity contribution in [2.24, 2.45) is 0 Å². The number of likely N-dealkylation sites (N-methyl/N-ethyl adjacent to an activating group) is 1. The van der Waals surface area contributed by atoms with Gasteiger partial charge in [0.25, 0.3) is 0 Å². The van der Waals surface area contributed by atoms with Crippen molar-refractivity contribution in [1.82, 2.24) is 4.90 Å². The van der Waals surface area contributed by atoms with E-state index in [9.17, 15) is 4.39 Å². The van der Waals surface area contributed by atoms with Crippen molar-refractivity contribution in [2.45, 2.75) is 26.5 Å². The molecule has 1 aromatic rings. The van der Waals surface area contributed by atoms with Gasteiger partial charge in [-0.2, -0.15) is 0 Å². The zero-order valence-electron chi connectivity index (χ0n) is 11.6. The highest BCUT2D eigenvalue weighted by Crippen LogP contribution is 2.05. The Labute approximate surface area is 114 Å². The topological polar surface area (TPSA) is 52.9 Å². The first-order valence-electron chi connectivity index (χ1n) is 6.34. The van der Waals surface area contributed by atoms with E-state index in [0.29, 0.717) is 13.2 Å². The van der Waals surface area contributed by atoms with Gasteiger partial charge in [0.05, 0.1) is 12.7 Å². The molecule has 0 saturated carbocycles. The van der Waals surface area contributed by atoms with E-state index in [1.807, 2.05) is 25.8 Å². The van der Waals surface area contributed by atoms with Crippen molar-refractivity contribution < 1.29 is 19.2 Å². The molecule has 0 saturated heterocycles. The first kappa shape index (κ1) is 16.1. The molecule has 106 valence electrons. The Bertz CT molecular complexity index is 401. The second-order valence-corrected chi connectivity index (χ2v) is 4.89. The van der Waals surface area contributed by atoms with Crippen LogP contribution in [0, 0.1) is 5.82 Å². The lowest BCUT2D eigenvalue weighted by atomic mass is 9.79. The number of nitrogens with zero attached hydrogens (tertiary/aromatic N) is 1. The summed E-state index contributed by atoms with van der Waals surface area (Å²) in [7, 11) is 0.150. The fourth-order valence-corrected chi connectivity index (χ4v) is 1.72. The fourth-order valence-electron chi connectivity index (χ4n) is 1.72. The number of halogens is 1. The van der Waals surface area contributed by atoms with Gasteiger partial charge in [-0.25, -0.2) is 4.39 Å². The molecule has 0 aliphatic rings. The minimum atomic E-state index is -1.78. The Hall–Kier alpha value is -0.945. The first-order chi connectivity index (χ1) is 8.90. The lowest BCUT2D eigenvalue weighted by Crippen LogP contribution is -2.33. The van der Waals surface area contributed by atoms with Crippen LogP contribution in [0.5, 0.6) is 0 Å². The molecule has 0 heterocycles. The SMILES string of the molecule is CC(C)OCCN(C)Cc1ccc(F)c(B(O)O)c1. The van der Waals surface area contributed by atoms with Gasteiger partial charge in [-0.05, 0) is 32.5 Å². The van der Waals surface area contributed by atoms with Crippen LogP contribution in [0.15, 0.2) is 18.2 Å². The average Bonchev–Trinajstić information content (AvgIpc) is 2.30. The highest BCUT2D eigenvalue weighted by Gasteiger charge is 2.17. The molecule has 1 rings (SSSR count).